The molecule has 1 atom stereocenters. The predicted octanol–water partition coefficient (Wildman–Crippen LogP) is 2.46. The zero-order chi connectivity index (χ0) is 20.7. The first-order valence-electron chi connectivity index (χ1n) is 8.25. The van der Waals surface area contributed by atoms with E-state index in [9.17, 15) is 24.3 Å². The maximum absolute atomic E-state index is 12.4. The highest BCUT2D eigenvalue weighted by molar-refractivity contribution is 6.00. The number of esters is 2. The molecule has 0 aromatic heterocycles. The van der Waals surface area contributed by atoms with Crippen LogP contribution in [0.15, 0.2) is 48.5 Å². The van der Waals surface area contributed by atoms with E-state index in [0.717, 1.165) is 0 Å². The van der Waals surface area contributed by atoms with Crippen LogP contribution in [-0.2, 0) is 19.1 Å². The molecular formula is C20H19NO7. The van der Waals surface area contributed by atoms with Crippen LogP contribution in [0.4, 0.5) is 5.69 Å². The summed E-state index contributed by atoms with van der Waals surface area (Å²) in [4.78, 5) is 47.5. The number of carbonyl (C=O) groups excluding carboxylic acids is 3. The Hall–Kier alpha value is -3.68. The number of carboxylic acid groups (broad SMARTS) is 1. The molecule has 2 aromatic rings. The lowest BCUT2D eigenvalue weighted by Gasteiger charge is -2.14. The Balaban J connectivity index is 2.25. The van der Waals surface area contributed by atoms with Crippen molar-refractivity contribution in [3.63, 3.8) is 0 Å². The Kier molecular flexibility index (Phi) is 6.86. The average Bonchev–Trinajstić information content (AvgIpc) is 2.70. The molecule has 0 saturated heterocycles. The van der Waals surface area contributed by atoms with Crippen molar-refractivity contribution >= 4 is 29.5 Å². The van der Waals surface area contributed by atoms with Crippen LogP contribution >= 0.6 is 0 Å². The summed E-state index contributed by atoms with van der Waals surface area (Å²) < 4.78 is 9.27. The number of carboxylic acids is 1. The fraction of sp³-hybridized carbons (Fsp3) is 0.200. The number of benzene rings is 2. The lowest BCUT2D eigenvalue weighted by Crippen LogP contribution is -2.21. The highest BCUT2D eigenvalue weighted by atomic mass is 16.5. The highest BCUT2D eigenvalue weighted by Gasteiger charge is 2.23. The molecule has 2 N–H and O–H groups in total. The van der Waals surface area contributed by atoms with Gasteiger partial charge in [0.2, 0.25) is 5.91 Å². The normalized spacial score (nSPS) is 11.2. The van der Waals surface area contributed by atoms with Crippen LogP contribution in [0.1, 0.15) is 38.6 Å². The van der Waals surface area contributed by atoms with E-state index in [1.165, 1.54) is 32.4 Å². The summed E-state index contributed by atoms with van der Waals surface area (Å²) in [6.45, 7) is 0. The number of aliphatic carboxylic acids is 1. The predicted molar refractivity (Wildman–Crippen MR) is 99.2 cm³/mol. The highest BCUT2D eigenvalue weighted by Crippen LogP contribution is 2.22. The van der Waals surface area contributed by atoms with E-state index in [4.69, 9.17) is 0 Å². The van der Waals surface area contributed by atoms with Crippen LogP contribution in [0.25, 0.3) is 0 Å². The standard InChI is InChI=1S/C20H19NO7/c1-27-19(25)13-8-14(20(26)28-2)10-15(9-13)21-17(22)11-16(18(23)24)12-6-4-3-5-7-12/h3-10,16H,11H2,1-2H3,(H,21,22)(H,23,24)/t16-/m1/s1. The summed E-state index contributed by atoms with van der Waals surface area (Å²) >= 11 is 0. The molecule has 0 fully saturated rings. The van der Waals surface area contributed by atoms with Gasteiger partial charge in [0, 0.05) is 12.1 Å². The van der Waals surface area contributed by atoms with Gasteiger partial charge in [0.15, 0.2) is 0 Å². The van der Waals surface area contributed by atoms with Crippen molar-refractivity contribution in [2.75, 3.05) is 19.5 Å². The number of nitrogens with one attached hydrogen (secondary N) is 1. The third-order valence-electron chi connectivity index (χ3n) is 3.95. The van der Waals surface area contributed by atoms with Gasteiger partial charge in [-0.2, -0.15) is 0 Å². The molecule has 0 bridgehead atoms. The average molecular weight is 385 g/mol. The Morgan fingerprint density at radius 2 is 1.46 bits per heavy atom. The van der Waals surface area contributed by atoms with Gasteiger partial charge in [-0.15, -0.1) is 0 Å². The van der Waals surface area contributed by atoms with E-state index >= 15 is 0 Å². The first-order chi connectivity index (χ1) is 13.3. The Labute approximate surface area is 161 Å². The zero-order valence-corrected chi connectivity index (χ0v) is 15.3. The summed E-state index contributed by atoms with van der Waals surface area (Å²) in [6, 6.07) is 12.3. The van der Waals surface area contributed by atoms with Gasteiger partial charge in [-0.25, -0.2) is 9.59 Å². The topological polar surface area (TPSA) is 119 Å². The van der Waals surface area contributed by atoms with E-state index in [1.807, 2.05) is 0 Å². The van der Waals surface area contributed by atoms with Crippen molar-refractivity contribution in [3.05, 3.63) is 65.2 Å². The molecule has 2 rings (SSSR count). The maximum Gasteiger partial charge on any atom is 0.337 e. The van der Waals surface area contributed by atoms with Crippen LogP contribution < -0.4 is 5.32 Å². The SMILES string of the molecule is COC(=O)c1cc(NC(=O)C[C@@H](C(=O)O)c2ccccc2)cc(C(=O)OC)c1. The van der Waals surface area contributed by atoms with E-state index in [2.05, 4.69) is 14.8 Å². The van der Waals surface area contributed by atoms with Gasteiger partial charge in [-0.05, 0) is 23.8 Å². The molecule has 0 heterocycles. The minimum Gasteiger partial charge on any atom is -0.481 e. The van der Waals surface area contributed by atoms with Crippen molar-refractivity contribution in [1.29, 1.82) is 0 Å². The maximum atomic E-state index is 12.4. The van der Waals surface area contributed by atoms with Crippen molar-refractivity contribution < 1.29 is 33.8 Å². The lowest BCUT2D eigenvalue weighted by atomic mass is 9.95. The van der Waals surface area contributed by atoms with Gasteiger partial charge in [0.25, 0.3) is 0 Å². The van der Waals surface area contributed by atoms with Gasteiger partial charge < -0.3 is 19.9 Å². The third-order valence-corrected chi connectivity index (χ3v) is 3.95. The second-order valence-electron chi connectivity index (χ2n) is 5.84. The quantitative estimate of drug-likeness (QED) is 0.703. The van der Waals surface area contributed by atoms with Crippen molar-refractivity contribution in [2.24, 2.45) is 0 Å². The number of rotatable bonds is 7. The molecule has 8 nitrogen and oxygen atoms in total. The van der Waals surface area contributed by atoms with E-state index in [-0.39, 0.29) is 23.2 Å². The number of carbonyl (C=O) groups is 4. The summed E-state index contributed by atoms with van der Waals surface area (Å²) in [7, 11) is 2.37. The van der Waals surface area contributed by atoms with Crippen LogP contribution in [0.2, 0.25) is 0 Å². The van der Waals surface area contributed by atoms with Gasteiger partial charge >= 0.3 is 17.9 Å². The lowest BCUT2D eigenvalue weighted by molar-refractivity contribution is -0.140. The van der Waals surface area contributed by atoms with Crippen LogP contribution in [0, 0.1) is 0 Å². The molecule has 2 aromatic carbocycles. The van der Waals surface area contributed by atoms with Crippen LogP contribution in [0.5, 0.6) is 0 Å². The van der Waals surface area contributed by atoms with Gasteiger partial charge in [0.05, 0.1) is 31.3 Å². The first kappa shape index (κ1) is 20.6. The van der Waals surface area contributed by atoms with Gasteiger partial charge in [-0.3, -0.25) is 9.59 Å². The number of hydrogen-bond acceptors (Lipinski definition) is 6. The van der Waals surface area contributed by atoms with E-state index in [1.54, 1.807) is 30.3 Å². The molecule has 0 radical (unpaired) electrons. The molecule has 0 aliphatic rings. The van der Waals surface area contributed by atoms with Crippen molar-refractivity contribution in [3.8, 4) is 0 Å². The molecule has 28 heavy (non-hydrogen) atoms. The number of anilines is 1. The molecule has 0 aliphatic carbocycles. The zero-order valence-electron chi connectivity index (χ0n) is 15.3. The van der Waals surface area contributed by atoms with Crippen molar-refractivity contribution in [1.82, 2.24) is 0 Å². The first-order valence-corrected chi connectivity index (χ1v) is 8.25. The smallest absolute Gasteiger partial charge is 0.337 e. The van der Waals surface area contributed by atoms with Gasteiger partial charge in [-0.1, -0.05) is 30.3 Å². The second kappa shape index (κ2) is 9.31. The molecule has 1 amide bonds. The van der Waals surface area contributed by atoms with E-state index in [0.29, 0.717) is 5.56 Å². The van der Waals surface area contributed by atoms with Crippen LogP contribution in [-0.4, -0.2) is 43.1 Å². The monoisotopic (exact) mass is 385 g/mol. The van der Waals surface area contributed by atoms with E-state index < -0.39 is 29.7 Å². The minimum atomic E-state index is -1.14. The fourth-order valence-corrected chi connectivity index (χ4v) is 2.60. The Morgan fingerprint density at radius 1 is 0.929 bits per heavy atom. The Bertz CT molecular complexity index is 858. The molecule has 0 unspecified atom stereocenters. The Morgan fingerprint density at radius 3 is 1.93 bits per heavy atom. The van der Waals surface area contributed by atoms with Gasteiger partial charge in [0.1, 0.15) is 0 Å². The summed E-state index contributed by atoms with van der Waals surface area (Å²) in [5.74, 6) is -4.16. The second-order valence-corrected chi connectivity index (χ2v) is 5.84. The summed E-state index contributed by atoms with van der Waals surface area (Å²) in [6.07, 6.45) is -0.324. The molecule has 0 spiro atoms. The molecule has 0 aliphatic heterocycles. The number of hydrogen-bond donors (Lipinski definition) is 2. The minimum absolute atomic E-state index is 0.0403. The fourth-order valence-electron chi connectivity index (χ4n) is 2.60. The molecule has 8 heteroatoms. The molecular weight excluding hydrogens is 366 g/mol. The molecule has 146 valence electrons. The largest absolute Gasteiger partial charge is 0.481 e. The number of ether oxygens (including phenoxy) is 2. The summed E-state index contributed by atoms with van der Waals surface area (Å²) in [5.41, 5.74) is 0.714. The number of amides is 1. The summed E-state index contributed by atoms with van der Waals surface area (Å²) in [5, 5.41) is 12.0. The van der Waals surface area contributed by atoms with Crippen molar-refractivity contribution in [2.45, 2.75) is 12.3 Å². The van der Waals surface area contributed by atoms with Crippen LogP contribution in [0.3, 0.4) is 0 Å². The number of methoxy groups -OCH3 is 2. The molecule has 0 saturated carbocycles. The third kappa shape index (κ3) is 5.16.